The van der Waals surface area contributed by atoms with Gasteiger partial charge in [0.25, 0.3) is 0 Å². The van der Waals surface area contributed by atoms with Crippen LogP contribution in [0.4, 0.5) is 0 Å². The number of nitrogens with two attached hydrogens (primary N) is 1. The topological polar surface area (TPSA) is 41.8 Å². The van der Waals surface area contributed by atoms with Crippen LogP contribution in [-0.2, 0) is 19.4 Å². The number of benzene rings is 1. The summed E-state index contributed by atoms with van der Waals surface area (Å²) < 4.78 is 0. The first-order valence-corrected chi connectivity index (χ1v) is 5.28. The molecule has 2 rings (SSSR count). The summed E-state index contributed by atoms with van der Waals surface area (Å²) in [5, 5.41) is 0. The number of hydrogen-bond donors (Lipinski definition) is 2. The quantitative estimate of drug-likeness (QED) is 0.781. The van der Waals surface area contributed by atoms with Gasteiger partial charge < -0.3 is 10.7 Å². The number of aromatic nitrogens is 1. The van der Waals surface area contributed by atoms with Crippen LogP contribution in [0.5, 0.6) is 0 Å². The van der Waals surface area contributed by atoms with Crippen LogP contribution >= 0.6 is 0 Å². The molecule has 0 unspecified atom stereocenters. The molecule has 15 heavy (non-hydrogen) atoms. The fraction of sp³-hybridized carbons (Fsp3) is 0.231. The Morgan fingerprint density at radius 2 is 1.73 bits per heavy atom. The largest absolute Gasteiger partial charge is 0.364 e. The fourth-order valence-corrected chi connectivity index (χ4v) is 1.69. The Bertz CT molecular complexity index is 403. The first kappa shape index (κ1) is 9.99. The third-order valence-electron chi connectivity index (χ3n) is 2.57. The second-order valence-corrected chi connectivity index (χ2v) is 3.72. The van der Waals surface area contributed by atoms with Gasteiger partial charge in [0.2, 0.25) is 0 Å². The van der Waals surface area contributed by atoms with Crippen LogP contribution in [0, 0.1) is 0 Å². The van der Waals surface area contributed by atoms with Crippen molar-refractivity contribution in [2.24, 2.45) is 5.73 Å². The van der Waals surface area contributed by atoms with Gasteiger partial charge in [-0.15, -0.1) is 0 Å². The molecule has 0 amide bonds. The van der Waals surface area contributed by atoms with Gasteiger partial charge >= 0.3 is 0 Å². The SMILES string of the molecule is NCc1cc(CCc2ccccc2)c[nH]1. The summed E-state index contributed by atoms with van der Waals surface area (Å²) in [5.74, 6) is 0. The van der Waals surface area contributed by atoms with Crippen LogP contribution in [0.25, 0.3) is 0 Å². The third kappa shape index (κ3) is 2.70. The minimum atomic E-state index is 0.589. The highest BCUT2D eigenvalue weighted by molar-refractivity contribution is 5.20. The zero-order valence-electron chi connectivity index (χ0n) is 8.74. The zero-order valence-corrected chi connectivity index (χ0v) is 8.74. The molecule has 3 N–H and O–H groups in total. The molecule has 1 heterocycles. The molecule has 1 aromatic carbocycles. The average Bonchev–Trinajstić information content (AvgIpc) is 2.76. The smallest absolute Gasteiger partial charge is 0.0332 e. The standard InChI is InChI=1S/C13H16N2/c14-9-13-8-12(10-15-13)7-6-11-4-2-1-3-5-11/h1-5,8,10,15H,6-7,9,14H2. The van der Waals surface area contributed by atoms with Crippen LogP contribution in [-0.4, -0.2) is 4.98 Å². The van der Waals surface area contributed by atoms with Gasteiger partial charge in [0.05, 0.1) is 0 Å². The minimum Gasteiger partial charge on any atom is -0.364 e. The molecule has 0 radical (unpaired) electrons. The highest BCUT2D eigenvalue weighted by Gasteiger charge is 1.98. The molecule has 0 bridgehead atoms. The van der Waals surface area contributed by atoms with Gasteiger partial charge in [-0.2, -0.15) is 0 Å². The van der Waals surface area contributed by atoms with E-state index in [1.807, 2.05) is 12.3 Å². The predicted molar refractivity (Wildman–Crippen MR) is 62.5 cm³/mol. The third-order valence-corrected chi connectivity index (χ3v) is 2.57. The Labute approximate surface area is 90.1 Å². The summed E-state index contributed by atoms with van der Waals surface area (Å²) in [4.78, 5) is 3.17. The molecular weight excluding hydrogens is 184 g/mol. The van der Waals surface area contributed by atoms with Crippen LogP contribution in [0.15, 0.2) is 42.6 Å². The van der Waals surface area contributed by atoms with Crippen molar-refractivity contribution in [1.29, 1.82) is 0 Å². The Hall–Kier alpha value is -1.54. The normalized spacial score (nSPS) is 10.5. The molecule has 0 aliphatic rings. The van der Waals surface area contributed by atoms with E-state index in [0.29, 0.717) is 6.54 Å². The maximum atomic E-state index is 5.54. The van der Waals surface area contributed by atoms with E-state index in [2.05, 4.69) is 35.3 Å². The summed E-state index contributed by atoms with van der Waals surface area (Å²) >= 11 is 0. The number of H-pyrrole nitrogens is 1. The van der Waals surface area contributed by atoms with E-state index in [4.69, 9.17) is 5.73 Å². The van der Waals surface area contributed by atoms with Gasteiger partial charge in [-0.1, -0.05) is 30.3 Å². The van der Waals surface area contributed by atoms with E-state index in [9.17, 15) is 0 Å². The Balaban J connectivity index is 1.93. The molecule has 0 atom stereocenters. The lowest BCUT2D eigenvalue weighted by atomic mass is 10.1. The van der Waals surface area contributed by atoms with Gasteiger partial charge in [-0.25, -0.2) is 0 Å². The number of hydrogen-bond acceptors (Lipinski definition) is 1. The molecule has 78 valence electrons. The first-order valence-electron chi connectivity index (χ1n) is 5.28. The first-order chi connectivity index (χ1) is 7.38. The van der Waals surface area contributed by atoms with Crippen LogP contribution in [0.3, 0.4) is 0 Å². The highest BCUT2D eigenvalue weighted by atomic mass is 14.7. The molecule has 0 saturated carbocycles. The van der Waals surface area contributed by atoms with Crippen LogP contribution in [0.1, 0.15) is 16.8 Å². The van der Waals surface area contributed by atoms with E-state index in [-0.39, 0.29) is 0 Å². The van der Waals surface area contributed by atoms with Gasteiger partial charge in [-0.05, 0) is 30.0 Å². The lowest BCUT2D eigenvalue weighted by molar-refractivity contribution is 0.962. The van der Waals surface area contributed by atoms with Crippen molar-refractivity contribution in [1.82, 2.24) is 4.98 Å². The Kier molecular flexibility index (Phi) is 3.20. The van der Waals surface area contributed by atoms with Gasteiger partial charge in [-0.3, -0.25) is 0 Å². The van der Waals surface area contributed by atoms with Crippen molar-refractivity contribution in [2.45, 2.75) is 19.4 Å². The lowest BCUT2D eigenvalue weighted by Gasteiger charge is -1.98. The average molecular weight is 200 g/mol. The summed E-state index contributed by atoms with van der Waals surface area (Å²) in [7, 11) is 0. The van der Waals surface area contributed by atoms with Crippen molar-refractivity contribution >= 4 is 0 Å². The van der Waals surface area contributed by atoms with Gasteiger partial charge in [0.15, 0.2) is 0 Å². The van der Waals surface area contributed by atoms with Crippen LogP contribution < -0.4 is 5.73 Å². The van der Waals surface area contributed by atoms with Crippen molar-refractivity contribution in [2.75, 3.05) is 0 Å². The Morgan fingerprint density at radius 3 is 2.40 bits per heavy atom. The van der Waals surface area contributed by atoms with Gasteiger partial charge in [0.1, 0.15) is 0 Å². The molecular formula is C13H16N2. The molecule has 1 aromatic heterocycles. The van der Waals surface area contributed by atoms with E-state index in [1.54, 1.807) is 0 Å². The van der Waals surface area contributed by atoms with Crippen molar-refractivity contribution in [3.05, 3.63) is 59.4 Å². The predicted octanol–water partition coefficient (Wildman–Crippen LogP) is 2.26. The zero-order chi connectivity index (χ0) is 10.5. The van der Waals surface area contributed by atoms with Gasteiger partial charge in [0, 0.05) is 18.4 Å². The fourth-order valence-electron chi connectivity index (χ4n) is 1.69. The molecule has 0 aliphatic carbocycles. The van der Waals surface area contributed by atoms with E-state index < -0.39 is 0 Å². The molecule has 0 fully saturated rings. The van der Waals surface area contributed by atoms with E-state index in [0.717, 1.165) is 18.5 Å². The summed E-state index contributed by atoms with van der Waals surface area (Å²) in [6, 6.07) is 12.7. The molecule has 2 aromatic rings. The number of rotatable bonds is 4. The molecule has 0 aliphatic heterocycles. The number of aromatic amines is 1. The number of aryl methyl sites for hydroxylation is 2. The van der Waals surface area contributed by atoms with Crippen molar-refractivity contribution in [3.8, 4) is 0 Å². The summed E-state index contributed by atoms with van der Waals surface area (Å²) in [5.41, 5.74) is 9.36. The molecule has 0 saturated heterocycles. The maximum Gasteiger partial charge on any atom is 0.0332 e. The molecule has 2 nitrogen and oxygen atoms in total. The molecule has 2 heteroatoms. The monoisotopic (exact) mass is 200 g/mol. The second kappa shape index (κ2) is 4.80. The summed E-state index contributed by atoms with van der Waals surface area (Å²) in [6.07, 6.45) is 4.20. The van der Waals surface area contributed by atoms with E-state index in [1.165, 1.54) is 11.1 Å². The molecule has 0 spiro atoms. The Morgan fingerprint density at radius 1 is 1.00 bits per heavy atom. The summed E-state index contributed by atoms with van der Waals surface area (Å²) in [6.45, 7) is 0.589. The minimum absolute atomic E-state index is 0.589. The van der Waals surface area contributed by atoms with Crippen molar-refractivity contribution in [3.63, 3.8) is 0 Å². The van der Waals surface area contributed by atoms with Crippen LogP contribution in [0.2, 0.25) is 0 Å². The second-order valence-electron chi connectivity index (χ2n) is 3.72. The van der Waals surface area contributed by atoms with E-state index >= 15 is 0 Å². The maximum absolute atomic E-state index is 5.54. The number of nitrogens with one attached hydrogen (secondary N) is 1. The van der Waals surface area contributed by atoms with Crippen molar-refractivity contribution < 1.29 is 0 Å². The lowest BCUT2D eigenvalue weighted by Crippen LogP contribution is -1.95. The highest BCUT2D eigenvalue weighted by Crippen LogP contribution is 2.08.